The molecule has 0 aromatic carbocycles. The fourth-order valence-electron chi connectivity index (χ4n) is 5.12. The van der Waals surface area contributed by atoms with E-state index in [2.05, 4.69) is 15.4 Å². The first-order valence-corrected chi connectivity index (χ1v) is 11.6. The molecule has 35 heavy (non-hydrogen) atoms. The van der Waals surface area contributed by atoms with Crippen molar-refractivity contribution in [1.29, 1.82) is 0 Å². The summed E-state index contributed by atoms with van der Waals surface area (Å²) in [6.45, 7) is 3.70. The van der Waals surface area contributed by atoms with E-state index < -0.39 is 66.2 Å². The molecule has 0 radical (unpaired) electrons. The van der Waals surface area contributed by atoms with Crippen molar-refractivity contribution in [1.82, 2.24) is 20.2 Å². The summed E-state index contributed by atoms with van der Waals surface area (Å²) in [5, 5.41) is 32.1. The van der Waals surface area contributed by atoms with Crippen LogP contribution >= 0.6 is 0 Å². The first kappa shape index (κ1) is 25.6. The van der Waals surface area contributed by atoms with Crippen molar-refractivity contribution in [2.45, 2.75) is 82.2 Å². The summed E-state index contributed by atoms with van der Waals surface area (Å²) in [5.74, 6) is -6.05. The number of carbonyl (C=O) groups excluding carboxylic acids is 3. The largest absolute Gasteiger partial charge is 0.394 e. The number of aliphatic hydroxyl groups excluding tert-OH is 3. The first-order valence-electron chi connectivity index (χ1n) is 11.6. The SMILES string of the molecule is CC(=O)N1C2N([C@@H]3O[C@H](CO)C(O)C3O)C=NC2(C(C)=O)C(NN2CCCCC2)=NC1(F)C(C)=O. The molecular weight excluding hydrogens is 467 g/mol. The Morgan fingerprint density at radius 2 is 1.80 bits per heavy atom. The first-order chi connectivity index (χ1) is 16.5. The van der Waals surface area contributed by atoms with E-state index in [0.29, 0.717) is 18.0 Å². The van der Waals surface area contributed by atoms with Gasteiger partial charge in [0.2, 0.25) is 17.2 Å². The Labute approximate surface area is 201 Å². The Balaban J connectivity index is 1.86. The highest BCUT2D eigenvalue weighted by molar-refractivity contribution is 6.17. The molecule has 14 heteroatoms. The van der Waals surface area contributed by atoms with E-state index in [4.69, 9.17) is 4.74 Å². The average Bonchev–Trinajstić information content (AvgIpc) is 3.33. The molecule has 0 aliphatic carbocycles. The van der Waals surface area contributed by atoms with Crippen molar-refractivity contribution in [2.24, 2.45) is 9.98 Å². The number of amidine groups is 1. The highest BCUT2D eigenvalue weighted by Crippen LogP contribution is 2.43. The number of alkyl halides is 1. The van der Waals surface area contributed by atoms with E-state index >= 15 is 4.39 Å². The van der Waals surface area contributed by atoms with Gasteiger partial charge in [-0.15, -0.1) is 0 Å². The van der Waals surface area contributed by atoms with Gasteiger partial charge in [0.05, 0.1) is 12.9 Å². The fraction of sp³-hybridized carbons (Fsp3) is 0.762. The minimum atomic E-state index is -3.18. The molecule has 0 aromatic heterocycles. The van der Waals surface area contributed by atoms with E-state index in [9.17, 15) is 29.7 Å². The Morgan fingerprint density at radius 1 is 1.14 bits per heavy atom. The van der Waals surface area contributed by atoms with Gasteiger partial charge in [-0.3, -0.25) is 19.3 Å². The molecular formula is C21H31FN6O7. The summed E-state index contributed by atoms with van der Waals surface area (Å²) in [6, 6.07) is 0. The number of halogens is 1. The zero-order chi connectivity index (χ0) is 25.7. The number of hydrazine groups is 1. The van der Waals surface area contributed by atoms with E-state index in [0.717, 1.165) is 44.3 Å². The second kappa shape index (κ2) is 9.17. The Kier molecular flexibility index (Phi) is 6.70. The lowest BCUT2D eigenvalue weighted by atomic mass is 9.86. The molecule has 4 aliphatic heterocycles. The van der Waals surface area contributed by atoms with Gasteiger partial charge in [-0.1, -0.05) is 6.42 Å². The molecule has 4 N–H and O–H groups in total. The molecule has 194 valence electrons. The van der Waals surface area contributed by atoms with Crippen LogP contribution in [0.1, 0.15) is 40.0 Å². The van der Waals surface area contributed by atoms with Gasteiger partial charge < -0.3 is 30.4 Å². The van der Waals surface area contributed by atoms with Crippen LogP contribution in [-0.4, -0.2) is 122 Å². The van der Waals surface area contributed by atoms with Crippen LogP contribution < -0.4 is 5.43 Å². The summed E-state index contributed by atoms with van der Waals surface area (Å²) >= 11 is 0. The lowest BCUT2D eigenvalue weighted by molar-refractivity contribution is -0.182. The van der Waals surface area contributed by atoms with Gasteiger partial charge in [0, 0.05) is 26.9 Å². The molecule has 1 amide bonds. The molecule has 4 aliphatic rings. The highest BCUT2D eigenvalue weighted by atomic mass is 19.2. The minimum Gasteiger partial charge on any atom is -0.394 e. The van der Waals surface area contributed by atoms with Crippen molar-refractivity contribution < 1.29 is 38.8 Å². The second-order valence-corrected chi connectivity index (χ2v) is 9.27. The lowest BCUT2D eigenvalue weighted by Crippen LogP contribution is -2.76. The zero-order valence-electron chi connectivity index (χ0n) is 19.8. The predicted octanol–water partition coefficient (Wildman–Crippen LogP) is -2.11. The van der Waals surface area contributed by atoms with Crippen molar-refractivity contribution in [2.75, 3.05) is 19.7 Å². The lowest BCUT2D eigenvalue weighted by Gasteiger charge is -2.51. The van der Waals surface area contributed by atoms with Crippen molar-refractivity contribution in [3.63, 3.8) is 0 Å². The van der Waals surface area contributed by atoms with Crippen LogP contribution in [0.2, 0.25) is 0 Å². The number of hydrogen-bond acceptors (Lipinski definition) is 12. The summed E-state index contributed by atoms with van der Waals surface area (Å²) < 4.78 is 22.0. The van der Waals surface area contributed by atoms with E-state index in [1.165, 1.54) is 6.92 Å². The summed E-state index contributed by atoms with van der Waals surface area (Å²) in [6.07, 6.45) is -3.47. The van der Waals surface area contributed by atoms with Crippen LogP contribution in [0.4, 0.5) is 4.39 Å². The number of piperidine rings is 1. The number of nitrogens with one attached hydrogen (secondary N) is 1. The smallest absolute Gasteiger partial charge is 0.342 e. The fourth-order valence-corrected chi connectivity index (χ4v) is 5.12. The van der Waals surface area contributed by atoms with Crippen LogP contribution in [0.15, 0.2) is 9.98 Å². The number of aliphatic hydroxyl groups is 3. The molecule has 0 saturated carbocycles. The third kappa shape index (κ3) is 3.83. The molecule has 4 heterocycles. The maximum Gasteiger partial charge on any atom is 0.342 e. The molecule has 7 atom stereocenters. The van der Waals surface area contributed by atoms with Gasteiger partial charge >= 0.3 is 5.92 Å². The quantitative estimate of drug-likeness (QED) is 0.308. The van der Waals surface area contributed by atoms with Crippen molar-refractivity contribution >= 4 is 29.6 Å². The van der Waals surface area contributed by atoms with Crippen molar-refractivity contribution in [3.8, 4) is 0 Å². The van der Waals surface area contributed by atoms with Gasteiger partial charge in [0.1, 0.15) is 18.3 Å². The third-order valence-electron chi connectivity index (χ3n) is 6.99. The average molecular weight is 499 g/mol. The van der Waals surface area contributed by atoms with Gasteiger partial charge in [-0.25, -0.2) is 15.0 Å². The highest BCUT2D eigenvalue weighted by Gasteiger charge is 2.68. The topological polar surface area (TPSA) is 168 Å². The van der Waals surface area contributed by atoms with Crippen LogP contribution in [0.3, 0.4) is 0 Å². The Hall–Kier alpha value is -2.52. The molecule has 5 unspecified atom stereocenters. The number of ketones is 2. The Morgan fingerprint density at radius 3 is 2.31 bits per heavy atom. The molecule has 2 saturated heterocycles. The second-order valence-electron chi connectivity index (χ2n) is 9.27. The van der Waals surface area contributed by atoms with E-state index in [1.807, 2.05) is 0 Å². The maximum absolute atomic E-state index is 16.4. The van der Waals surface area contributed by atoms with Gasteiger partial charge in [-0.2, -0.15) is 4.39 Å². The number of ether oxygens (including phenoxy) is 1. The summed E-state index contributed by atoms with van der Waals surface area (Å²) in [4.78, 5) is 48.5. The van der Waals surface area contributed by atoms with Crippen LogP contribution in [-0.2, 0) is 19.1 Å². The third-order valence-corrected chi connectivity index (χ3v) is 6.99. The summed E-state index contributed by atoms with van der Waals surface area (Å²) in [5.41, 5.74) is 0.998. The number of rotatable bonds is 5. The van der Waals surface area contributed by atoms with Gasteiger partial charge in [0.15, 0.2) is 24.0 Å². The van der Waals surface area contributed by atoms with E-state index in [1.54, 1.807) is 5.01 Å². The number of fused-ring (bicyclic) bond motifs is 1. The number of amides is 1. The summed E-state index contributed by atoms with van der Waals surface area (Å²) in [7, 11) is 0. The van der Waals surface area contributed by atoms with E-state index in [-0.39, 0.29) is 5.84 Å². The standard InChI is InChI=1S/C21H31FN6O7/c1-11(30)20-18(25-26-7-5-4-6-8-26)24-21(22,12(2)31)28(13(3)32)19(20)27(10-23-20)17-16(34)15(33)14(9-29)35-17/h10,14-17,19,29,33-34H,4-9H2,1-3H3,(H,24,25)/t14-,15?,16?,17-,19?,20?,21?/m1/s1. The van der Waals surface area contributed by atoms with Crippen LogP contribution in [0.25, 0.3) is 0 Å². The Bertz CT molecular complexity index is 958. The van der Waals surface area contributed by atoms with Gasteiger partial charge in [-0.05, 0) is 19.8 Å². The molecule has 0 aromatic rings. The van der Waals surface area contributed by atoms with Crippen LogP contribution in [0.5, 0.6) is 0 Å². The van der Waals surface area contributed by atoms with Crippen molar-refractivity contribution in [3.05, 3.63) is 0 Å². The zero-order valence-corrected chi connectivity index (χ0v) is 19.8. The maximum atomic E-state index is 16.4. The minimum absolute atomic E-state index is 0.252. The molecule has 0 spiro atoms. The molecule has 2 fully saturated rings. The number of Topliss-reactive ketones (excluding diaryl/α,β-unsaturated/α-hetero) is 2. The number of carbonyl (C=O) groups is 3. The molecule has 4 rings (SSSR count). The predicted molar refractivity (Wildman–Crippen MR) is 118 cm³/mol. The monoisotopic (exact) mass is 498 g/mol. The number of hydrogen-bond donors (Lipinski definition) is 4. The molecule has 13 nitrogen and oxygen atoms in total. The normalized spacial score (nSPS) is 39.4. The van der Waals surface area contributed by atoms with Gasteiger partial charge in [0.25, 0.3) is 0 Å². The van der Waals surface area contributed by atoms with Crippen LogP contribution in [0, 0.1) is 0 Å². The number of aliphatic imine (C=N–C) groups is 2. The molecule has 0 bridgehead atoms. The number of nitrogens with zero attached hydrogens (tertiary/aromatic N) is 5.